The molecule has 1 aliphatic heterocycles. The van der Waals surface area contributed by atoms with Crippen LogP contribution in [0.25, 0.3) is 6.08 Å². The van der Waals surface area contributed by atoms with Crippen LogP contribution in [0, 0.1) is 3.57 Å². The fourth-order valence-corrected chi connectivity index (χ4v) is 3.39. The molecule has 2 aromatic rings. The number of nitrogens with zero attached hydrogens (tertiary/aromatic N) is 1. The molecule has 3 rings (SSSR count). The van der Waals surface area contributed by atoms with Crippen LogP contribution in [0.3, 0.4) is 0 Å². The molecule has 0 unspecified atom stereocenters. The predicted octanol–water partition coefficient (Wildman–Crippen LogP) is 3.74. The monoisotopic (exact) mass is 454 g/mol. The summed E-state index contributed by atoms with van der Waals surface area (Å²) in [5, 5.41) is 13.1. The van der Waals surface area contributed by atoms with Crippen LogP contribution in [0.5, 0.6) is 5.75 Å². The van der Waals surface area contributed by atoms with Gasteiger partial charge in [0.05, 0.1) is 10.1 Å². The second kappa shape index (κ2) is 6.82. The number of nitrogens with one attached hydrogen (secondary N) is 1. The molecule has 0 saturated carbocycles. The van der Waals surface area contributed by atoms with Gasteiger partial charge in [-0.3, -0.25) is 9.69 Å². The van der Waals surface area contributed by atoms with E-state index >= 15 is 0 Å². The number of carbonyl (C=O) groups excluding carboxylic acids is 2. The lowest BCUT2D eigenvalue weighted by atomic mass is 10.1. The number of carbonyl (C=O) groups is 2. The molecule has 3 amide bonds. The van der Waals surface area contributed by atoms with Crippen LogP contribution in [0.15, 0.2) is 48.2 Å². The van der Waals surface area contributed by atoms with E-state index in [0.29, 0.717) is 14.2 Å². The molecule has 7 heteroatoms. The SMILES string of the molecule is O=C1N/C(=C/c2cc(Cl)cc(I)c2O)C(=O)N1Cc1ccccc1. The first-order valence-electron chi connectivity index (χ1n) is 7.02. The summed E-state index contributed by atoms with van der Waals surface area (Å²) in [6, 6.07) is 11.9. The fourth-order valence-electron chi connectivity index (χ4n) is 2.33. The van der Waals surface area contributed by atoms with Crippen LogP contribution in [-0.2, 0) is 11.3 Å². The van der Waals surface area contributed by atoms with Crippen LogP contribution in [-0.4, -0.2) is 21.9 Å². The molecule has 0 aliphatic carbocycles. The minimum absolute atomic E-state index is 0.0102. The molecule has 5 nitrogen and oxygen atoms in total. The van der Waals surface area contributed by atoms with Gasteiger partial charge in [0.1, 0.15) is 11.4 Å². The van der Waals surface area contributed by atoms with Crippen molar-refractivity contribution in [1.29, 1.82) is 0 Å². The van der Waals surface area contributed by atoms with Gasteiger partial charge in [0.15, 0.2) is 0 Å². The Kier molecular flexibility index (Phi) is 4.77. The number of phenolic OH excluding ortho intramolecular Hbond substituents is 1. The van der Waals surface area contributed by atoms with Gasteiger partial charge >= 0.3 is 6.03 Å². The van der Waals surface area contributed by atoms with E-state index in [9.17, 15) is 14.7 Å². The summed E-state index contributed by atoms with van der Waals surface area (Å²) in [7, 11) is 0. The van der Waals surface area contributed by atoms with Gasteiger partial charge in [0, 0.05) is 10.6 Å². The highest BCUT2D eigenvalue weighted by Gasteiger charge is 2.33. The van der Waals surface area contributed by atoms with Crippen LogP contribution in [0.4, 0.5) is 4.79 Å². The molecule has 24 heavy (non-hydrogen) atoms. The molecule has 1 aliphatic rings. The first-order chi connectivity index (χ1) is 11.5. The fraction of sp³-hybridized carbons (Fsp3) is 0.0588. The van der Waals surface area contributed by atoms with Crippen molar-refractivity contribution in [2.24, 2.45) is 0 Å². The Hall–Kier alpha value is -2.06. The average molecular weight is 455 g/mol. The molecule has 2 N–H and O–H groups in total. The zero-order valence-corrected chi connectivity index (χ0v) is 15.2. The highest BCUT2D eigenvalue weighted by atomic mass is 127. The molecule has 1 saturated heterocycles. The molecule has 1 fully saturated rings. The van der Waals surface area contributed by atoms with E-state index in [1.807, 2.05) is 52.9 Å². The maximum absolute atomic E-state index is 12.5. The zero-order chi connectivity index (χ0) is 17.3. The van der Waals surface area contributed by atoms with Gasteiger partial charge in [-0.15, -0.1) is 0 Å². The van der Waals surface area contributed by atoms with Gasteiger partial charge in [0.25, 0.3) is 5.91 Å². The van der Waals surface area contributed by atoms with Crippen molar-refractivity contribution in [2.45, 2.75) is 6.54 Å². The summed E-state index contributed by atoms with van der Waals surface area (Å²) in [6.07, 6.45) is 1.43. The Morgan fingerprint density at radius 2 is 1.92 bits per heavy atom. The number of benzene rings is 2. The number of halogens is 2. The van der Waals surface area contributed by atoms with Crippen molar-refractivity contribution in [1.82, 2.24) is 10.2 Å². The maximum atomic E-state index is 12.5. The number of hydrogen-bond acceptors (Lipinski definition) is 3. The zero-order valence-electron chi connectivity index (χ0n) is 12.3. The van der Waals surface area contributed by atoms with Gasteiger partial charge in [-0.2, -0.15) is 0 Å². The minimum atomic E-state index is -0.494. The Balaban J connectivity index is 1.89. The molecule has 0 radical (unpaired) electrons. The topological polar surface area (TPSA) is 69.6 Å². The van der Waals surface area contributed by atoms with Crippen LogP contribution in [0.1, 0.15) is 11.1 Å². The lowest BCUT2D eigenvalue weighted by Crippen LogP contribution is -2.30. The molecule has 0 spiro atoms. The van der Waals surface area contributed by atoms with Crippen molar-refractivity contribution in [3.8, 4) is 5.75 Å². The second-order valence-corrected chi connectivity index (χ2v) is 6.79. The Morgan fingerprint density at radius 1 is 1.21 bits per heavy atom. The van der Waals surface area contributed by atoms with Gasteiger partial charge in [0.2, 0.25) is 0 Å². The van der Waals surface area contributed by atoms with Crippen molar-refractivity contribution in [2.75, 3.05) is 0 Å². The molecule has 0 bridgehead atoms. The van der Waals surface area contributed by atoms with Crippen LogP contribution < -0.4 is 5.32 Å². The summed E-state index contributed by atoms with van der Waals surface area (Å²) in [4.78, 5) is 25.7. The number of phenols is 1. The third-order valence-electron chi connectivity index (χ3n) is 3.50. The summed E-state index contributed by atoms with van der Waals surface area (Å²) in [5.41, 5.74) is 1.32. The van der Waals surface area contributed by atoms with Crippen LogP contribution in [0.2, 0.25) is 5.02 Å². The van der Waals surface area contributed by atoms with Gasteiger partial charge in [-0.05, 0) is 46.4 Å². The summed E-state index contributed by atoms with van der Waals surface area (Å²) in [5.74, 6) is -0.436. The van der Waals surface area contributed by atoms with Crippen molar-refractivity contribution in [3.63, 3.8) is 0 Å². The molecular formula is C17H12ClIN2O3. The van der Waals surface area contributed by atoms with E-state index in [4.69, 9.17) is 11.6 Å². The standard InChI is InChI=1S/C17H12ClIN2O3/c18-12-6-11(15(22)13(19)8-12)7-14-16(23)21(17(24)20-14)9-10-4-2-1-3-5-10/h1-8,22H,9H2,(H,20,24)/b14-7+. The van der Waals surface area contributed by atoms with E-state index in [1.54, 1.807) is 6.07 Å². The maximum Gasteiger partial charge on any atom is 0.329 e. The largest absolute Gasteiger partial charge is 0.506 e. The first kappa shape index (κ1) is 16.8. The summed E-state index contributed by atoms with van der Waals surface area (Å²) in [6.45, 7) is 0.182. The Bertz CT molecular complexity index is 852. The molecule has 2 aromatic carbocycles. The highest BCUT2D eigenvalue weighted by Crippen LogP contribution is 2.30. The van der Waals surface area contributed by atoms with Gasteiger partial charge in [-0.1, -0.05) is 41.9 Å². The van der Waals surface area contributed by atoms with Gasteiger partial charge in [-0.25, -0.2) is 4.79 Å². The van der Waals surface area contributed by atoms with E-state index < -0.39 is 11.9 Å². The summed E-state index contributed by atoms with van der Waals surface area (Å²) < 4.78 is 0.560. The number of imide groups is 1. The Labute approximate surface area is 157 Å². The van der Waals surface area contributed by atoms with E-state index in [1.165, 1.54) is 12.1 Å². The number of rotatable bonds is 3. The number of amides is 3. The number of hydrogen-bond donors (Lipinski definition) is 2. The van der Waals surface area contributed by atoms with Crippen molar-refractivity contribution < 1.29 is 14.7 Å². The minimum Gasteiger partial charge on any atom is -0.506 e. The summed E-state index contributed by atoms with van der Waals surface area (Å²) >= 11 is 7.93. The lowest BCUT2D eigenvalue weighted by Gasteiger charge is -2.11. The Morgan fingerprint density at radius 3 is 2.62 bits per heavy atom. The number of aromatic hydroxyl groups is 1. The molecular weight excluding hydrogens is 443 g/mol. The second-order valence-electron chi connectivity index (χ2n) is 5.19. The highest BCUT2D eigenvalue weighted by molar-refractivity contribution is 14.1. The van der Waals surface area contributed by atoms with E-state index in [2.05, 4.69) is 5.32 Å². The van der Waals surface area contributed by atoms with Crippen molar-refractivity contribution >= 4 is 52.2 Å². The molecule has 0 aromatic heterocycles. The number of urea groups is 1. The lowest BCUT2D eigenvalue weighted by molar-refractivity contribution is -0.123. The normalized spacial score (nSPS) is 15.9. The third kappa shape index (κ3) is 3.39. The van der Waals surface area contributed by atoms with Crippen molar-refractivity contribution in [3.05, 3.63) is 67.9 Å². The first-order valence-corrected chi connectivity index (χ1v) is 8.48. The predicted molar refractivity (Wildman–Crippen MR) is 99.3 cm³/mol. The van der Waals surface area contributed by atoms with Gasteiger partial charge < -0.3 is 10.4 Å². The third-order valence-corrected chi connectivity index (χ3v) is 4.54. The molecule has 122 valence electrons. The molecule has 0 atom stereocenters. The van der Waals surface area contributed by atoms with E-state index in [-0.39, 0.29) is 18.0 Å². The van der Waals surface area contributed by atoms with E-state index in [0.717, 1.165) is 10.5 Å². The quantitative estimate of drug-likeness (QED) is 0.422. The van der Waals surface area contributed by atoms with Crippen LogP contribution >= 0.6 is 34.2 Å². The average Bonchev–Trinajstić information content (AvgIpc) is 2.81. The smallest absolute Gasteiger partial charge is 0.329 e. The molecule has 1 heterocycles.